The van der Waals surface area contributed by atoms with E-state index in [0.717, 1.165) is 44.5 Å². The lowest BCUT2D eigenvalue weighted by atomic mass is 9.88. The molecular formula is C51H30N4S. The number of anilines is 3. The summed E-state index contributed by atoms with van der Waals surface area (Å²) in [5.74, 6) is 1.92. The van der Waals surface area contributed by atoms with E-state index < -0.39 is 0 Å². The van der Waals surface area contributed by atoms with Crippen molar-refractivity contribution in [3.05, 3.63) is 182 Å². The fourth-order valence-corrected chi connectivity index (χ4v) is 9.72. The molecule has 0 amide bonds. The molecule has 9 aromatic carbocycles. The highest BCUT2D eigenvalue weighted by molar-refractivity contribution is 7.25. The molecule has 5 heteroatoms. The Morgan fingerprint density at radius 1 is 0.339 bits per heavy atom. The lowest BCUT2D eigenvalue weighted by molar-refractivity contribution is 1.07. The van der Waals surface area contributed by atoms with Gasteiger partial charge < -0.3 is 4.90 Å². The average Bonchev–Trinajstić information content (AvgIpc) is 3.64. The molecule has 0 fully saturated rings. The first-order chi connectivity index (χ1) is 27.7. The van der Waals surface area contributed by atoms with Crippen LogP contribution in [0.5, 0.6) is 0 Å². The summed E-state index contributed by atoms with van der Waals surface area (Å²) in [6.07, 6.45) is 0. The Balaban J connectivity index is 1.12. The molecule has 0 spiro atoms. The number of fused-ring (bicyclic) bond motifs is 7. The summed E-state index contributed by atoms with van der Waals surface area (Å²) in [5.41, 5.74) is 8.68. The molecule has 0 unspecified atom stereocenters. The summed E-state index contributed by atoms with van der Waals surface area (Å²) in [5, 5.41) is 9.68. The highest BCUT2D eigenvalue weighted by Gasteiger charge is 2.28. The second kappa shape index (κ2) is 12.2. The van der Waals surface area contributed by atoms with Crippen LogP contribution < -0.4 is 4.90 Å². The molecule has 0 saturated heterocycles. The van der Waals surface area contributed by atoms with Crippen molar-refractivity contribution in [3.8, 4) is 45.3 Å². The third-order valence-electron chi connectivity index (χ3n) is 11.2. The van der Waals surface area contributed by atoms with Crippen LogP contribution in [0.3, 0.4) is 0 Å². The Morgan fingerprint density at radius 2 is 0.982 bits per heavy atom. The predicted molar refractivity (Wildman–Crippen MR) is 235 cm³/mol. The van der Waals surface area contributed by atoms with Crippen LogP contribution in [0, 0.1) is 0 Å². The molecule has 0 N–H and O–H groups in total. The molecule has 11 aromatic rings. The zero-order chi connectivity index (χ0) is 36.7. The summed E-state index contributed by atoms with van der Waals surface area (Å²) >= 11 is 1.80. The van der Waals surface area contributed by atoms with Gasteiger partial charge in [-0.15, -0.1) is 11.3 Å². The lowest BCUT2D eigenvalue weighted by Gasteiger charge is -2.35. The fraction of sp³-hybridized carbons (Fsp3) is 0. The van der Waals surface area contributed by atoms with Gasteiger partial charge in [-0.3, -0.25) is 0 Å². The van der Waals surface area contributed by atoms with Gasteiger partial charge in [0.05, 0.1) is 17.1 Å². The van der Waals surface area contributed by atoms with Gasteiger partial charge in [0.15, 0.2) is 17.5 Å². The van der Waals surface area contributed by atoms with Gasteiger partial charge in [-0.25, -0.2) is 15.0 Å². The van der Waals surface area contributed by atoms with Crippen LogP contribution in [0.4, 0.5) is 17.1 Å². The Bertz CT molecular complexity index is 3380. The van der Waals surface area contributed by atoms with Gasteiger partial charge in [0.1, 0.15) is 0 Å². The van der Waals surface area contributed by atoms with Crippen molar-refractivity contribution >= 4 is 80.9 Å². The van der Waals surface area contributed by atoms with Gasteiger partial charge in [0, 0.05) is 53.2 Å². The summed E-state index contributed by atoms with van der Waals surface area (Å²) in [4.78, 5) is 18.1. The van der Waals surface area contributed by atoms with Crippen LogP contribution in [-0.4, -0.2) is 15.0 Å². The molecule has 260 valence electrons. The molecule has 4 nitrogen and oxygen atoms in total. The minimum Gasteiger partial charge on any atom is -0.309 e. The first kappa shape index (κ1) is 31.2. The predicted octanol–water partition coefficient (Wildman–Crippen LogP) is 14.2. The van der Waals surface area contributed by atoms with Gasteiger partial charge in [-0.05, 0) is 69.6 Å². The van der Waals surface area contributed by atoms with E-state index in [1.165, 1.54) is 52.8 Å². The molecule has 1 aliphatic rings. The highest BCUT2D eigenvalue weighted by Crippen LogP contribution is 2.53. The Morgan fingerprint density at radius 3 is 1.82 bits per heavy atom. The minimum absolute atomic E-state index is 0.631. The van der Waals surface area contributed by atoms with Crippen molar-refractivity contribution in [2.75, 3.05) is 4.90 Å². The number of thiophene rings is 1. The second-order valence-electron chi connectivity index (χ2n) is 14.4. The average molecular weight is 731 g/mol. The summed E-state index contributed by atoms with van der Waals surface area (Å²) < 4.78 is 2.49. The highest BCUT2D eigenvalue weighted by atomic mass is 32.1. The van der Waals surface area contributed by atoms with Crippen LogP contribution >= 0.6 is 11.3 Å². The largest absolute Gasteiger partial charge is 0.309 e. The lowest BCUT2D eigenvalue weighted by Crippen LogP contribution is -2.15. The van der Waals surface area contributed by atoms with E-state index in [2.05, 4.69) is 169 Å². The van der Waals surface area contributed by atoms with Crippen molar-refractivity contribution in [2.24, 2.45) is 0 Å². The SMILES string of the molecule is c1ccc(-c2nc(-c3cc(N4c5cc6ccccc6cc5-c5cccc6cccc4c56)c4ccccc4c3)nc(-c3ccc4c(c3)sc3ccccc34)n2)cc1. The maximum absolute atomic E-state index is 5.28. The molecule has 0 aliphatic carbocycles. The monoisotopic (exact) mass is 730 g/mol. The molecule has 3 heterocycles. The Kier molecular flexibility index (Phi) is 6.76. The van der Waals surface area contributed by atoms with Crippen LogP contribution in [0.15, 0.2) is 182 Å². The zero-order valence-corrected chi connectivity index (χ0v) is 30.8. The van der Waals surface area contributed by atoms with Crippen molar-refractivity contribution in [3.63, 3.8) is 0 Å². The van der Waals surface area contributed by atoms with E-state index in [-0.39, 0.29) is 0 Å². The molecule has 0 radical (unpaired) electrons. The van der Waals surface area contributed by atoms with E-state index in [1.807, 2.05) is 18.2 Å². The number of benzene rings is 9. The molecule has 0 atom stereocenters. The Labute approximate surface area is 326 Å². The number of aromatic nitrogens is 3. The molecule has 56 heavy (non-hydrogen) atoms. The van der Waals surface area contributed by atoms with Crippen LogP contribution in [0.2, 0.25) is 0 Å². The van der Waals surface area contributed by atoms with E-state index in [0.29, 0.717) is 17.5 Å². The van der Waals surface area contributed by atoms with Gasteiger partial charge >= 0.3 is 0 Å². The first-order valence-electron chi connectivity index (χ1n) is 18.8. The molecular weight excluding hydrogens is 701 g/mol. The van der Waals surface area contributed by atoms with Crippen LogP contribution in [-0.2, 0) is 0 Å². The molecule has 0 bridgehead atoms. The third kappa shape index (κ3) is 4.81. The zero-order valence-electron chi connectivity index (χ0n) is 30.0. The standard InChI is InChI=1S/C51H30N4S/c1-2-12-32(13-3-1)49-52-50(36-24-25-40-39-20-8-9-23-46(39)56-47(40)30-36)54-51(53-49)37-26-35-16-6-7-19-38(35)44(29-37)55-43-22-11-18-31-17-10-21-41(48(31)43)42-27-33-14-4-5-15-34(33)28-45(42)55/h1-30H. The van der Waals surface area contributed by atoms with Gasteiger partial charge in [-0.1, -0.05) is 140 Å². The van der Waals surface area contributed by atoms with Crippen LogP contribution in [0.25, 0.3) is 97.8 Å². The van der Waals surface area contributed by atoms with Gasteiger partial charge in [0.25, 0.3) is 0 Å². The van der Waals surface area contributed by atoms with E-state index >= 15 is 0 Å². The maximum Gasteiger partial charge on any atom is 0.164 e. The van der Waals surface area contributed by atoms with E-state index in [9.17, 15) is 0 Å². The quantitative estimate of drug-likeness (QED) is 0.181. The molecule has 2 aromatic heterocycles. The van der Waals surface area contributed by atoms with Crippen LogP contribution in [0.1, 0.15) is 0 Å². The second-order valence-corrected chi connectivity index (χ2v) is 15.5. The number of nitrogens with zero attached hydrogens (tertiary/aromatic N) is 4. The van der Waals surface area contributed by atoms with Gasteiger partial charge in [0.2, 0.25) is 0 Å². The Hall–Kier alpha value is -7.21. The normalized spacial score (nSPS) is 12.2. The van der Waals surface area contributed by atoms with Crippen molar-refractivity contribution in [1.82, 2.24) is 15.0 Å². The minimum atomic E-state index is 0.631. The van der Waals surface area contributed by atoms with Gasteiger partial charge in [-0.2, -0.15) is 0 Å². The van der Waals surface area contributed by atoms with Crippen molar-refractivity contribution in [2.45, 2.75) is 0 Å². The van der Waals surface area contributed by atoms with Crippen molar-refractivity contribution in [1.29, 1.82) is 0 Å². The molecule has 0 saturated carbocycles. The smallest absolute Gasteiger partial charge is 0.164 e. The fourth-order valence-electron chi connectivity index (χ4n) is 8.57. The third-order valence-corrected chi connectivity index (χ3v) is 12.3. The van der Waals surface area contributed by atoms with E-state index in [1.54, 1.807) is 11.3 Å². The topological polar surface area (TPSA) is 41.9 Å². The number of hydrogen-bond acceptors (Lipinski definition) is 5. The number of hydrogen-bond donors (Lipinski definition) is 0. The molecule has 12 rings (SSSR count). The molecule has 1 aliphatic heterocycles. The van der Waals surface area contributed by atoms with Crippen molar-refractivity contribution < 1.29 is 0 Å². The summed E-state index contributed by atoms with van der Waals surface area (Å²) in [6, 6.07) is 65.2. The summed E-state index contributed by atoms with van der Waals surface area (Å²) in [7, 11) is 0. The first-order valence-corrected chi connectivity index (χ1v) is 19.7. The van der Waals surface area contributed by atoms with E-state index in [4.69, 9.17) is 15.0 Å². The maximum atomic E-state index is 5.28. The summed E-state index contributed by atoms with van der Waals surface area (Å²) in [6.45, 7) is 0. The number of rotatable bonds is 4.